The van der Waals surface area contributed by atoms with E-state index >= 15 is 0 Å². The van der Waals surface area contributed by atoms with Crippen molar-refractivity contribution in [3.05, 3.63) is 70.8 Å². The molecule has 0 spiro atoms. The number of benzene rings is 2. The van der Waals surface area contributed by atoms with Crippen LogP contribution in [0.4, 0.5) is 0 Å². The number of carboxylic acids is 1. The second-order valence-corrected chi connectivity index (χ2v) is 8.10. The zero-order valence-electron chi connectivity index (χ0n) is 13.1. The van der Waals surface area contributed by atoms with E-state index in [0.29, 0.717) is 18.4 Å². The summed E-state index contributed by atoms with van der Waals surface area (Å²) < 4.78 is 27.7. The lowest BCUT2D eigenvalue weighted by atomic mass is 10.1. The lowest BCUT2D eigenvalue weighted by Crippen LogP contribution is -2.34. The van der Waals surface area contributed by atoms with Gasteiger partial charge >= 0.3 is 5.97 Å². The summed E-state index contributed by atoms with van der Waals surface area (Å²) in [6.07, 6.45) is 1.05. The van der Waals surface area contributed by atoms with E-state index in [0.717, 1.165) is 16.7 Å². The summed E-state index contributed by atoms with van der Waals surface area (Å²) >= 11 is 0. The number of sulfonamides is 1. The Bertz CT molecular complexity index is 819. The van der Waals surface area contributed by atoms with Crippen molar-refractivity contribution in [3.63, 3.8) is 0 Å². The standard InChI is InChI=1S/C18H19NO4S/c20-18(21)9-13-5-7-14(8-6-13)12-19-24(22,23)17-10-15-3-1-2-4-16(15)11-17/h1-8,17,19H,9-12H2,(H,20,21). The molecule has 0 unspecified atom stereocenters. The van der Waals surface area contributed by atoms with Gasteiger partial charge < -0.3 is 5.11 Å². The Balaban J connectivity index is 1.61. The van der Waals surface area contributed by atoms with Crippen LogP contribution in [0.25, 0.3) is 0 Å². The minimum Gasteiger partial charge on any atom is -0.481 e. The molecule has 2 N–H and O–H groups in total. The summed E-state index contributed by atoms with van der Waals surface area (Å²) in [5.41, 5.74) is 3.71. The number of rotatable bonds is 6. The van der Waals surface area contributed by atoms with Crippen LogP contribution in [0.2, 0.25) is 0 Å². The van der Waals surface area contributed by atoms with Gasteiger partial charge in [-0.1, -0.05) is 48.5 Å². The first-order valence-electron chi connectivity index (χ1n) is 7.79. The summed E-state index contributed by atoms with van der Waals surface area (Å²) in [5, 5.41) is 8.32. The molecule has 0 heterocycles. The van der Waals surface area contributed by atoms with Gasteiger partial charge in [0.2, 0.25) is 10.0 Å². The molecule has 5 nitrogen and oxygen atoms in total. The minimum atomic E-state index is -3.40. The highest BCUT2D eigenvalue weighted by molar-refractivity contribution is 7.90. The third kappa shape index (κ3) is 3.83. The van der Waals surface area contributed by atoms with Crippen molar-refractivity contribution >= 4 is 16.0 Å². The molecule has 0 bridgehead atoms. The molecular weight excluding hydrogens is 326 g/mol. The number of hydrogen-bond acceptors (Lipinski definition) is 3. The van der Waals surface area contributed by atoms with E-state index in [1.165, 1.54) is 0 Å². The Labute approximate surface area is 141 Å². The normalized spacial score (nSPS) is 14.5. The summed E-state index contributed by atoms with van der Waals surface area (Å²) in [5.74, 6) is -0.885. The molecule has 6 heteroatoms. The summed E-state index contributed by atoms with van der Waals surface area (Å²) in [7, 11) is -3.40. The smallest absolute Gasteiger partial charge is 0.307 e. The van der Waals surface area contributed by atoms with Crippen LogP contribution >= 0.6 is 0 Å². The molecule has 0 atom stereocenters. The maximum absolute atomic E-state index is 12.5. The molecular formula is C18H19NO4S. The summed E-state index contributed by atoms with van der Waals surface area (Å²) in [6.45, 7) is 0.211. The highest BCUT2D eigenvalue weighted by Crippen LogP contribution is 2.26. The van der Waals surface area contributed by atoms with Crippen LogP contribution in [0, 0.1) is 0 Å². The fourth-order valence-corrected chi connectivity index (χ4v) is 4.39. The second kappa shape index (κ2) is 6.75. The Hall–Kier alpha value is -2.18. The highest BCUT2D eigenvalue weighted by atomic mass is 32.2. The monoisotopic (exact) mass is 345 g/mol. The number of carbonyl (C=O) groups is 1. The molecule has 0 saturated carbocycles. The first-order valence-corrected chi connectivity index (χ1v) is 9.33. The minimum absolute atomic E-state index is 0.0354. The van der Waals surface area contributed by atoms with Crippen LogP contribution in [0.5, 0.6) is 0 Å². The molecule has 24 heavy (non-hydrogen) atoms. The average molecular weight is 345 g/mol. The van der Waals surface area contributed by atoms with Gasteiger partial charge in [0.15, 0.2) is 0 Å². The van der Waals surface area contributed by atoms with Gasteiger partial charge in [0.25, 0.3) is 0 Å². The van der Waals surface area contributed by atoms with E-state index in [9.17, 15) is 13.2 Å². The summed E-state index contributed by atoms with van der Waals surface area (Å²) in [6, 6.07) is 14.7. The molecule has 1 aliphatic carbocycles. The third-order valence-corrected chi connectivity index (χ3v) is 6.07. The van der Waals surface area contributed by atoms with Crippen LogP contribution < -0.4 is 4.72 Å². The molecule has 0 amide bonds. The number of hydrogen-bond donors (Lipinski definition) is 2. The van der Waals surface area contributed by atoms with Crippen LogP contribution in [0.15, 0.2) is 48.5 Å². The lowest BCUT2D eigenvalue weighted by molar-refractivity contribution is -0.136. The molecule has 0 fully saturated rings. The Morgan fingerprint density at radius 3 is 2.08 bits per heavy atom. The quantitative estimate of drug-likeness (QED) is 0.838. The van der Waals surface area contributed by atoms with Crippen molar-refractivity contribution in [2.75, 3.05) is 0 Å². The van der Waals surface area contributed by atoms with E-state index in [1.807, 2.05) is 24.3 Å². The Morgan fingerprint density at radius 1 is 1.00 bits per heavy atom. The van der Waals surface area contributed by atoms with Crippen LogP contribution in [0.3, 0.4) is 0 Å². The van der Waals surface area contributed by atoms with Crippen molar-refractivity contribution in [2.24, 2.45) is 0 Å². The zero-order valence-corrected chi connectivity index (χ0v) is 13.9. The predicted octanol–water partition coefficient (Wildman–Crippen LogP) is 1.90. The van der Waals surface area contributed by atoms with E-state index in [-0.39, 0.29) is 13.0 Å². The first kappa shape index (κ1) is 16.7. The second-order valence-electron chi connectivity index (χ2n) is 6.05. The van der Waals surface area contributed by atoms with Crippen LogP contribution in [-0.4, -0.2) is 24.7 Å². The zero-order chi connectivity index (χ0) is 17.2. The van der Waals surface area contributed by atoms with Crippen molar-refractivity contribution in [1.29, 1.82) is 0 Å². The van der Waals surface area contributed by atoms with E-state index in [2.05, 4.69) is 4.72 Å². The Kier molecular flexibility index (Phi) is 4.69. The lowest BCUT2D eigenvalue weighted by Gasteiger charge is -2.12. The van der Waals surface area contributed by atoms with Gasteiger partial charge in [0.05, 0.1) is 11.7 Å². The molecule has 1 aliphatic rings. The number of nitrogens with one attached hydrogen (secondary N) is 1. The molecule has 2 aromatic rings. The average Bonchev–Trinajstić information content (AvgIpc) is 2.99. The van der Waals surface area contributed by atoms with Crippen molar-refractivity contribution in [1.82, 2.24) is 4.72 Å². The van der Waals surface area contributed by atoms with Gasteiger partial charge in [0, 0.05) is 6.54 Å². The van der Waals surface area contributed by atoms with Crippen LogP contribution in [-0.2, 0) is 40.6 Å². The highest BCUT2D eigenvalue weighted by Gasteiger charge is 2.31. The van der Waals surface area contributed by atoms with Gasteiger partial charge in [-0.2, -0.15) is 0 Å². The van der Waals surface area contributed by atoms with Crippen molar-refractivity contribution in [2.45, 2.75) is 31.1 Å². The van der Waals surface area contributed by atoms with Crippen LogP contribution in [0.1, 0.15) is 22.3 Å². The molecule has 3 rings (SSSR count). The Morgan fingerprint density at radius 2 is 1.54 bits per heavy atom. The number of fused-ring (bicyclic) bond motifs is 1. The largest absolute Gasteiger partial charge is 0.481 e. The number of carboxylic acid groups (broad SMARTS) is 1. The van der Waals surface area contributed by atoms with Crippen molar-refractivity contribution < 1.29 is 18.3 Å². The molecule has 0 radical (unpaired) electrons. The first-order chi connectivity index (χ1) is 11.4. The van der Waals surface area contributed by atoms with Gasteiger partial charge in [-0.05, 0) is 35.1 Å². The van der Waals surface area contributed by atoms with Crippen molar-refractivity contribution in [3.8, 4) is 0 Å². The molecule has 126 valence electrons. The topological polar surface area (TPSA) is 83.5 Å². The van der Waals surface area contributed by atoms with E-state index < -0.39 is 21.2 Å². The molecule has 0 aromatic heterocycles. The van der Waals surface area contributed by atoms with Gasteiger partial charge in [0.1, 0.15) is 0 Å². The summed E-state index contributed by atoms with van der Waals surface area (Å²) in [4.78, 5) is 10.7. The molecule has 0 aliphatic heterocycles. The fourth-order valence-electron chi connectivity index (χ4n) is 2.99. The third-order valence-electron chi connectivity index (χ3n) is 4.31. The van der Waals surface area contributed by atoms with Gasteiger partial charge in [-0.15, -0.1) is 0 Å². The van der Waals surface area contributed by atoms with Gasteiger partial charge in [-0.3, -0.25) is 4.79 Å². The van der Waals surface area contributed by atoms with E-state index in [4.69, 9.17) is 5.11 Å². The molecule has 0 saturated heterocycles. The number of aliphatic carboxylic acids is 1. The fraction of sp³-hybridized carbons (Fsp3) is 0.278. The maximum Gasteiger partial charge on any atom is 0.307 e. The predicted molar refractivity (Wildman–Crippen MR) is 91.2 cm³/mol. The molecule has 2 aromatic carbocycles. The van der Waals surface area contributed by atoms with E-state index in [1.54, 1.807) is 24.3 Å². The maximum atomic E-state index is 12.5. The van der Waals surface area contributed by atoms with Gasteiger partial charge in [-0.25, -0.2) is 13.1 Å². The SMILES string of the molecule is O=C(O)Cc1ccc(CNS(=O)(=O)C2Cc3ccccc3C2)cc1.